The fourth-order valence-electron chi connectivity index (χ4n) is 3.89. The lowest BCUT2D eigenvalue weighted by Gasteiger charge is -2.36. The largest absolute Gasteiger partial charge is 0.316 e. The van der Waals surface area contributed by atoms with E-state index in [1.54, 1.807) is 12.1 Å². The van der Waals surface area contributed by atoms with Gasteiger partial charge in [0.25, 0.3) is 0 Å². The molecule has 1 nitrogen and oxygen atoms in total. The predicted octanol–water partition coefficient (Wildman–Crippen LogP) is 3.71. The molecule has 1 aliphatic carbocycles. The van der Waals surface area contributed by atoms with Crippen LogP contribution in [0.4, 0.5) is 4.39 Å². The quantitative estimate of drug-likeness (QED) is 0.840. The van der Waals surface area contributed by atoms with Crippen molar-refractivity contribution in [2.45, 2.75) is 38.0 Å². The van der Waals surface area contributed by atoms with Crippen molar-refractivity contribution in [1.29, 1.82) is 0 Å². The molecule has 1 aromatic carbocycles. The van der Waals surface area contributed by atoms with Crippen molar-refractivity contribution in [2.75, 3.05) is 13.1 Å². The minimum Gasteiger partial charge on any atom is -0.316 e. The Morgan fingerprint density at radius 3 is 2.44 bits per heavy atom. The summed E-state index contributed by atoms with van der Waals surface area (Å²) in [7, 11) is 0. The van der Waals surface area contributed by atoms with Crippen LogP contribution in [0.3, 0.4) is 0 Å². The maximum absolute atomic E-state index is 13.0. The minimum absolute atomic E-state index is 0.120. The molecule has 98 valence electrons. The summed E-state index contributed by atoms with van der Waals surface area (Å²) in [6.45, 7) is 2.25. The molecule has 1 aromatic rings. The first-order valence-corrected chi connectivity index (χ1v) is 7.31. The molecule has 1 aliphatic heterocycles. The molecule has 0 bridgehead atoms. The van der Waals surface area contributed by atoms with Crippen LogP contribution in [0.5, 0.6) is 0 Å². The number of benzene rings is 1. The molecule has 1 saturated carbocycles. The Morgan fingerprint density at radius 2 is 1.72 bits per heavy atom. The van der Waals surface area contributed by atoms with Gasteiger partial charge in [-0.3, -0.25) is 0 Å². The normalized spacial score (nSPS) is 29.6. The maximum atomic E-state index is 13.0. The fourth-order valence-corrected chi connectivity index (χ4v) is 3.89. The van der Waals surface area contributed by atoms with E-state index in [2.05, 4.69) is 5.32 Å². The van der Waals surface area contributed by atoms with E-state index in [1.807, 2.05) is 12.1 Å². The van der Waals surface area contributed by atoms with E-state index in [0.717, 1.165) is 24.9 Å². The lowest BCUT2D eigenvalue weighted by atomic mass is 9.74. The topological polar surface area (TPSA) is 12.0 Å². The van der Waals surface area contributed by atoms with Crippen molar-refractivity contribution in [3.63, 3.8) is 0 Å². The van der Waals surface area contributed by atoms with Crippen molar-refractivity contribution in [1.82, 2.24) is 5.32 Å². The number of hydrogen-bond acceptors (Lipinski definition) is 1. The molecular weight excluding hydrogens is 225 g/mol. The second-order valence-electron chi connectivity index (χ2n) is 5.86. The molecule has 18 heavy (non-hydrogen) atoms. The van der Waals surface area contributed by atoms with Gasteiger partial charge in [0.1, 0.15) is 5.82 Å². The summed E-state index contributed by atoms with van der Waals surface area (Å²) in [5.41, 5.74) is 1.34. The highest BCUT2D eigenvalue weighted by Gasteiger charge is 2.33. The second-order valence-corrected chi connectivity index (χ2v) is 5.86. The van der Waals surface area contributed by atoms with Gasteiger partial charge in [-0.15, -0.1) is 0 Å². The molecule has 1 saturated heterocycles. The molecule has 0 amide bonds. The van der Waals surface area contributed by atoms with E-state index < -0.39 is 0 Å². The summed E-state index contributed by atoms with van der Waals surface area (Å²) in [6.07, 6.45) is 6.79. The van der Waals surface area contributed by atoms with E-state index in [9.17, 15) is 4.39 Å². The molecule has 1 N–H and O–H groups in total. The van der Waals surface area contributed by atoms with E-state index in [0.29, 0.717) is 5.92 Å². The van der Waals surface area contributed by atoms with Gasteiger partial charge in [-0.25, -0.2) is 4.39 Å². The third-order valence-corrected chi connectivity index (χ3v) is 4.83. The van der Waals surface area contributed by atoms with Gasteiger partial charge in [0.15, 0.2) is 0 Å². The van der Waals surface area contributed by atoms with Crippen LogP contribution in [-0.2, 0) is 0 Å². The Hall–Kier alpha value is -0.890. The van der Waals surface area contributed by atoms with Crippen LogP contribution in [-0.4, -0.2) is 13.1 Å². The van der Waals surface area contributed by atoms with Gasteiger partial charge in [0.2, 0.25) is 0 Å². The average Bonchev–Trinajstić information content (AvgIpc) is 2.93. The summed E-state index contributed by atoms with van der Waals surface area (Å²) < 4.78 is 13.0. The van der Waals surface area contributed by atoms with Gasteiger partial charge in [0.05, 0.1) is 0 Å². The average molecular weight is 247 g/mol. The first-order chi connectivity index (χ1) is 8.84. The number of nitrogens with one attached hydrogen (secondary N) is 1. The molecule has 2 heteroatoms. The van der Waals surface area contributed by atoms with Gasteiger partial charge in [-0.2, -0.15) is 0 Å². The molecule has 0 aromatic heterocycles. The summed E-state index contributed by atoms with van der Waals surface area (Å²) in [5.74, 6) is 2.15. The molecule has 0 radical (unpaired) electrons. The van der Waals surface area contributed by atoms with Crippen LogP contribution in [0.25, 0.3) is 0 Å². The van der Waals surface area contributed by atoms with E-state index in [4.69, 9.17) is 0 Å². The van der Waals surface area contributed by atoms with Crippen LogP contribution in [0.2, 0.25) is 0 Å². The van der Waals surface area contributed by atoms with Gasteiger partial charge in [-0.1, -0.05) is 37.8 Å². The number of halogens is 1. The smallest absolute Gasteiger partial charge is 0.123 e. The van der Waals surface area contributed by atoms with Crippen molar-refractivity contribution in [3.05, 3.63) is 35.6 Å². The Kier molecular flexibility index (Phi) is 3.64. The van der Waals surface area contributed by atoms with Crippen molar-refractivity contribution in [2.24, 2.45) is 11.8 Å². The summed E-state index contributed by atoms with van der Waals surface area (Å²) in [5, 5.41) is 3.55. The van der Waals surface area contributed by atoms with E-state index >= 15 is 0 Å². The summed E-state index contributed by atoms with van der Waals surface area (Å²) in [4.78, 5) is 0. The van der Waals surface area contributed by atoms with Crippen LogP contribution in [0, 0.1) is 17.7 Å². The molecule has 2 fully saturated rings. The van der Waals surface area contributed by atoms with Crippen LogP contribution in [0.1, 0.15) is 43.6 Å². The van der Waals surface area contributed by atoms with Crippen LogP contribution in [0.15, 0.2) is 24.3 Å². The van der Waals surface area contributed by atoms with E-state index in [1.165, 1.54) is 37.7 Å². The summed E-state index contributed by atoms with van der Waals surface area (Å²) >= 11 is 0. The first-order valence-electron chi connectivity index (χ1n) is 7.31. The molecule has 2 atom stereocenters. The number of hydrogen-bond donors (Lipinski definition) is 1. The Balaban J connectivity index is 1.80. The van der Waals surface area contributed by atoms with E-state index in [-0.39, 0.29) is 5.82 Å². The zero-order valence-electron chi connectivity index (χ0n) is 10.9. The molecule has 3 rings (SSSR count). The van der Waals surface area contributed by atoms with Crippen LogP contribution < -0.4 is 5.32 Å². The van der Waals surface area contributed by atoms with Gasteiger partial charge >= 0.3 is 0 Å². The Bertz CT molecular complexity index is 381. The first kappa shape index (κ1) is 12.2. The zero-order valence-corrected chi connectivity index (χ0v) is 10.9. The minimum atomic E-state index is -0.120. The van der Waals surface area contributed by atoms with Crippen LogP contribution >= 0.6 is 0 Å². The summed E-state index contributed by atoms with van der Waals surface area (Å²) in [6, 6.07) is 7.21. The van der Waals surface area contributed by atoms with Crippen molar-refractivity contribution >= 4 is 0 Å². The molecular formula is C16H22FN. The Labute approximate surface area is 109 Å². The lowest BCUT2D eigenvalue weighted by Crippen LogP contribution is -2.38. The third kappa shape index (κ3) is 2.44. The highest BCUT2D eigenvalue weighted by atomic mass is 19.1. The van der Waals surface area contributed by atoms with Gasteiger partial charge in [-0.05, 0) is 55.0 Å². The van der Waals surface area contributed by atoms with Crippen molar-refractivity contribution in [3.8, 4) is 0 Å². The fraction of sp³-hybridized carbons (Fsp3) is 0.625. The third-order valence-electron chi connectivity index (χ3n) is 4.83. The number of piperidine rings is 1. The lowest BCUT2D eigenvalue weighted by molar-refractivity contribution is 0.231. The number of rotatable bonds is 2. The molecule has 2 aliphatic rings. The molecule has 2 unspecified atom stereocenters. The monoisotopic (exact) mass is 247 g/mol. The SMILES string of the molecule is Fc1ccc(C2CCNCC2C2CCCC2)cc1. The Morgan fingerprint density at radius 1 is 1.00 bits per heavy atom. The van der Waals surface area contributed by atoms with Gasteiger partial charge < -0.3 is 5.32 Å². The standard InChI is InChI=1S/C16H22FN/c17-14-7-5-13(6-8-14)15-9-10-18-11-16(15)12-3-1-2-4-12/h5-8,12,15-16,18H,1-4,9-11H2. The highest BCUT2D eigenvalue weighted by molar-refractivity contribution is 5.22. The zero-order chi connectivity index (χ0) is 12.4. The molecule has 1 heterocycles. The van der Waals surface area contributed by atoms with Gasteiger partial charge in [0, 0.05) is 0 Å². The highest BCUT2D eigenvalue weighted by Crippen LogP contribution is 2.41. The second kappa shape index (κ2) is 5.40. The maximum Gasteiger partial charge on any atom is 0.123 e. The predicted molar refractivity (Wildman–Crippen MR) is 72.1 cm³/mol. The molecule has 0 spiro atoms. The van der Waals surface area contributed by atoms with Crippen molar-refractivity contribution < 1.29 is 4.39 Å².